The first kappa shape index (κ1) is 33.2. The number of anilines is 2. The second kappa shape index (κ2) is 13.3. The number of guanidine groups is 1. The highest BCUT2D eigenvalue weighted by Gasteiger charge is 2.55. The number of hydrogen-bond donors (Lipinski definition) is 8. The number of nitrogens with two attached hydrogens (primary N) is 3. The number of nitrogen functional groups attached to an aromatic ring is 1. The summed E-state index contributed by atoms with van der Waals surface area (Å²) in [5, 5.41) is 28.0. The van der Waals surface area contributed by atoms with Gasteiger partial charge in [0.1, 0.15) is 17.1 Å². The van der Waals surface area contributed by atoms with Crippen LogP contribution >= 0.6 is 23.3 Å². The van der Waals surface area contributed by atoms with Crippen LogP contribution in [-0.4, -0.2) is 105 Å². The van der Waals surface area contributed by atoms with E-state index in [0.29, 0.717) is 36.4 Å². The number of amides is 2. The Kier molecular flexibility index (Phi) is 9.35. The molecule has 1 fully saturated rings. The van der Waals surface area contributed by atoms with Crippen LogP contribution in [0.5, 0.6) is 0 Å². The van der Waals surface area contributed by atoms with Crippen molar-refractivity contribution < 1.29 is 38.9 Å². The fourth-order valence-electron chi connectivity index (χ4n) is 4.62. The van der Waals surface area contributed by atoms with E-state index in [4.69, 9.17) is 22.0 Å². The van der Waals surface area contributed by atoms with Crippen LogP contribution in [0.2, 0.25) is 0 Å². The lowest BCUT2D eigenvalue weighted by molar-refractivity contribution is -0.752. The van der Waals surface area contributed by atoms with E-state index in [0.717, 1.165) is 16.4 Å². The first-order valence-electron chi connectivity index (χ1n) is 14.0. The second-order valence-corrected chi connectivity index (χ2v) is 12.6. The van der Waals surface area contributed by atoms with Crippen molar-refractivity contribution in [1.82, 2.24) is 29.1 Å². The summed E-state index contributed by atoms with van der Waals surface area (Å²) in [6, 6.07) is -1.13. The lowest BCUT2D eigenvalue weighted by atomic mass is 10.0. The largest absolute Gasteiger partial charge is 0.478 e. The van der Waals surface area contributed by atoms with Crippen LogP contribution < -0.4 is 32.5 Å². The molecule has 0 spiro atoms. The van der Waals surface area contributed by atoms with Crippen LogP contribution in [-0.2, 0) is 30.6 Å². The van der Waals surface area contributed by atoms with Gasteiger partial charge in [-0.15, -0.1) is 21.0 Å². The number of imidazole rings is 1. The predicted molar refractivity (Wildman–Crippen MR) is 169 cm³/mol. The number of hydrogen-bond acceptors (Lipinski definition) is 13. The zero-order chi connectivity index (χ0) is 34.0. The lowest BCUT2D eigenvalue weighted by Crippen LogP contribution is -2.71. The Morgan fingerprint density at radius 1 is 1.32 bits per heavy atom. The van der Waals surface area contributed by atoms with Crippen molar-refractivity contribution >= 4 is 75.2 Å². The van der Waals surface area contributed by atoms with E-state index in [-0.39, 0.29) is 34.9 Å². The Morgan fingerprint density at radius 3 is 2.74 bits per heavy atom. The number of aliphatic imine (C=N–C) groups is 1. The second-order valence-electron chi connectivity index (χ2n) is 10.7. The highest BCUT2D eigenvalue weighted by Crippen LogP contribution is 2.40. The van der Waals surface area contributed by atoms with Gasteiger partial charge in [0.2, 0.25) is 29.0 Å². The summed E-state index contributed by atoms with van der Waals surface area (Å²) in [5.41, 5.74) is 16.4. The smallest absolute Gasteiger partial charge is 0.352 e. The minimum Gasteiger partial charge on any atom is -0.478 e. The van der Waals surface area contributed by atoms with Crippen LogP contribution in [0.4, 0.5) is 10.8 Å². The lowest BCUT2D eigenvalue weighted by Gasteiger charge is -2.49. The number of oxime groups is 1. The molecule has 0 saturated carbocycles. The number of β-lactam (4-membered cyclic amide) rings is 1. The van der Waals surface area contributed by atoms with Gasteiger partial charge in [0.25, 0.3) is 11.8 Å². The number of carboxylic acid groups (broad SMARTS) is 2. The van der Waals surface area contributed by atoms with Gasteiger partial charge in [0, 0.05) is 35.6 Å². The van der Waals surface area contributed by atoms with Crippen LogP contribution in [0.3, 0.4) is 0 Å². The highest BCUT2D eigenvalue weighted by molar-refractivity contribution is 8.00. The average Bonchev–Trinajstić information content (AvgIpc) is 3.74. The summed E-state index contributed by atoms with van der Waals surface area (Å²) in [7, 11) is 0. The molecule has 2 atom stereocenters. The van der Waals surface area contributed by atoms with Gasteiger partial charge in [-0.05, 0) is 26.8 Å². The number of carbonyl (C=O) groups is 4. The van der Waals surface area contributed by atoms with E-state index in [1.807, 2.05) is 0 Å². The van der Waals surface area contributed by atoms with Crippen LogP contribution in [0.25, 0.3) is 5.65 Å². The highest BCUT2D eigenvalue weighted by atomic mass is 32.2. The molecular formula is C25H32N13O7S2+. The summed E-state index contributed by atoms with van der Waals surface area (Å²) in [4.78, 5) is 68.1. The summed E-state index contributed by atoms with van der Waals surface area (Å²) < 4.78 is 7.45. The molecule has 47 heavy (non-hydrogen) atoms. The Labute approximate surface area is 273 Å². The molecule has 22 heteroatoms. The number of aromatic nitrogens is 5. The van der Waals surface area contributed by atoms with Crippen molar-refractivity contribution in [3.8, 4) is 0 Å². The maximum atomic E-state index is 13.4. The van der Waals surface area contributed by atoms with E-state index in [1.165, 1.54) is 25.6 Å². The zero-order valence-corrected chi connectivity index (χ0v) is 26.7. The number of rotatable bonds is 13. The van der Waals surface area contributed by atoms with Gasteiger partial charge in [0.15, 0.2) is 23.3 Å². The molecule has 3 aromatic rings. The molecule has 3 aromatic heterocycles. The third kappa shape index (κ3) is 6.69. The monoisotopic (exact) mass is 690 g/mol. The van der Waals surface area contributed by atoms with Crippen molar-refractivity contribution in [1.29, 1.82) is 0 Å². The Hall–Kier alpha value is -5.22. The molecule has 5 heterocycles. The van der Waals surface area contributed by atoms with Crippen molar-refractivity contribution in [2.24, 2.45) is 21.6 Å². The quantitative estimate of drug-likeness (QED) is 0.0242. The minimum atomic E-state index is -1.81. The maximum Gasteiger partial charge on any atom is 0.352 e. The van der Waals surface area contributed by atoms with E-state index in [2.05, 4.69) is 35.1 Å². The standard InChI is InChI=1S/C25H31N13O7S2/c1-25(2,22(43)44)45-34-13(16-33-24(28)47-35-16)18(39)32-14-19(40)38-15(21(41)42)11(10-46-20(14)38)8-36-9-12(17-29-6-7-37(17)36)31-23(27)30-5-3-4-26/h6-7,9,14,20H,3-5,8,10,26H2,1-2H3,(H8,27,28,30,31,32,33,35,39,41,42,43,44)/p+1/b34-13+/t14-,20?/m1/s1. The zero-order valence-electron chi connectivity index (χ0n) is 25.0. The van der Waals surface area contributed by atoms with Crippen molar-refractivity contribution in [3.05, 3.63) is 35.7 Å². The topological polar surface area (TPSA) is 298 Å². The Bertz CT molecular complexity index is 1830. The molecule has 0 radical (unpaired) electrons. The molecule has 1 unspecified atom stereocenters. The Morgan fingerprint density at radius 2 is 2.09 bits per heavy atom. The number of aromatic amines is 1. The predicted octanol–water partition coefficient (Wildman–Crippen LogP) is -1.91. The van der Waals surface area contributed by atoms with Crippen LogP contribution in [0, 0.1) is 0 Å². The summed E-state index contributed by atoms with van der Waals surface area (Å²) in [6.45, 7) is 3.49. The maximum absolute atomic E-state index is 13.4. The van der Waals surface area contributed by atoms with Gasteiger partial charge in [-0.2, -0.15) is 9.36 Å². The van der Waals surface area contributed by atoms with Gasteiger partial charge >= 0.3 is 11.9 Å². The van der Waals surface area contributed by atoms with Crippen molar-refractivity contribution in [2.45, 2.75) is 43.8 Å². The third-order valence-electron chi connectivity index (χ3n) is 7.02. The van der Waals surface area contributed by atoms with Crippen molar-refractivity contribution in [2.75, 3.05) is 29.9 Å². The average molecular weight is 691 g/mol. The molecule has 0 aliphatic carbocycles. The van der Waals surface area contributed by atoms with E-state index in [1.54, 1.807) is 27.8 Å². The number of thioether (sulfide) groups is 1. The number of H-pyrrole nitrogens is 1. The van der Waals surface area contributed by atoms with E-state index < -0.39 is 46.5 Å². The molecule has 1 saturated heterocycles. The number of fused-ring (bicyclic) bond motifs is 2. The van der Waals surface area contributed by atoms with Crippen LogP contribution in [0.15, 0.2) is 40.0 Å². The first-order valence-corrected chi connectivity index (χ1v) is 15.8. The molecule has 11 N–H and O–H groups in total. The van der Waals surface area contributed by atoms with E-state index in [9.17, 15) is 29.4 Å². The van der Waals surface area contributed by atoms with Gasteiger partial charge in [-0.25, -0.2) is 9.59 Å². The van der Waals surface area contributed by atoms with Gasteiger partial charge in [0.05, 0.1) is 6.20 Å². The third-order valence-corrected chi connectivity index (χ3v) is 8.90. The summed E-state index contributed by atoms with van der Waals surface area (Å²) in [5.74, 6) is -4.10. The van der Waals surface area contributed by atoms with Crippen LogP contribution in [0.1, 0.15) is 26.1 Å². The molecular weight excluding hydrogens is 658 g/mol. The van der Waals surface area contributed by atoms with Gasteiger partial charge in [-0.1, -0.05) is 5.16 Å². The normalized spacial score (nSPS) is 18.6. The number of nitrogens with one attached hydrogen (secondary N) is 3. The van der Waals surface area contributed by atoms with Crippen molar-refractivity contribution in [3.63, 3.8) is 0 Å². The fourth-order valence-corrected chi connectivity index (χ4v) is 6.39. The van der Waals surface area contributed by atoms with Gasteiger partial charge in [-0.3, -0.25) is 19.5 Å². The molecule has 2 aliphatic rings. The Balaban J connectivity index is 1.36. The van der Waals surface area contributed by atoms with E-state index >= 15 is 0 Å². The molecule has 0 bridgehead atoms. The number of carbonyl (C=O) groups excluding carboxylic acids is 2. The number of carboxylic acids is 2. The fraction of sp³-hybridized carbons (Fsp3) is 0.400. The molecule has 2 aliphatic heterocycles. The molecule has 5 rings (SSSR count). The summed E-state index contributed by atoms with van der Waals surface area (Å²) >= 11 is 2.03. The first-order chi connectivity index (χ1) is 22.3. The summed E-state index contributed by atoms with van der Waals surface area (Å²) in [6.07, 6.45) is 5.85. The SMILES string of the molecule is CC(C)(O/N=C(/C(=O)N[C@@H]1C(=O)N2C(C(=O)O)=C(C[n+]3cc(NC(N)=NCCCN)c4[nH]ccn43)CSC12)c1nsc(N)n1)C(=O)O. The molecule has 2 amide bonds. The van der Waals surface area contributed by atoms with Gasteiger partial charge < -0.3 is 47.9 Å². The molecule has 250 valence electrons. The number of nitrogens with zero attached hydrogens (tertiary/aromatic N) is 7. The molecule has 0 aromatic carbocycles. The minimum absolute atomic E-state index is 0.00951. The molecule has 20 nitrogen and oxygen atoms in total. The number of aliphatic carboxylic acids is 2.